The molecular formula is C6H5F5O3. The molecule has 0 bridgehead atoms. The third kappa shape index (κ3) is 3.69. The van der Waals surface area contributed by atoms with Crippen LogP contribution < -0.4 is 0 Å². The van der Waals surface area contributed by atoms with Crippen LogP contribution in [0.4, 0.5) is 22.0 Å². The number of halogens is 5. The van der Waals surface area contributed by atoms with Crippen molar-refractivity contribution in [2.24, 2.45) is 0 Å². The number of hydrogen-bond acceptors (Lipinski definition) is 3. The number of ether oxygens (including phenoxy) is 2. The van der Waals surface area contributed by atoms with E-state index >= 15 is 0 Å². The molecule has 0 saturated heterocycles. The van der Waals surface area contributed by atoms with Gasteiger partial charge in [0.2, 0.25) is 0 Å². The summed E-state index contributed by atoms with van der Waals surface area (Å²) in [7, 11) is 0. The van der Waals surface area contributed by atoms with E-state index in [1.165, 1.54) is 0 Å². The van der Waals surface area contributed by atoms with Crippen LogP contribution in [0.2, 0.25) is 0 Å². The van der Waals surface area contributed by atoms with Gasteiger partial charge in [-0.05, 0) is 0 Å². The fourth-order valence-corrected chi connectivity index (χ4v) is 0.302. The molecule has 0 aliphatic heterocycles. The predicted molar refractivity (Wildman–Crippen MR) is 33.2 cm³/mol. The molecule has 0 N–H and O–H groups in total. The second kappa shape index (κ2) is 4.36. The first-order valence-corrected chi connectivity index (χ1v) is 3.08. The highest BCUT2D eigenvalue weighted by molar-refractivity contribution is 5.81. The lowest BCUT2D eigenvalue weighted by Crippen LogP contribution is -2.39. The van der Waals surface area contributed by atoms with Gasteiger partial charge in [-0.25, -0.2) is 4.79 Å². The lowest BCUT2D eigenvalue weighted by Gasteiger charge is -2.18. The highest BCUT2D eigenvalue weighted by Crippen LogP contribution is 2.36. The summed E-state index contributed by atoms with van der Waals surface area (Å²) in [6, 6.07) is 0. The Morgan fingerprint density at radius 1 is 1.29 bits per heavy atom. The van der Waals surface area contributed by atoms with E-state index in [4.69, 9.17) is 0 Å². The molecule has 0 saturated carbocycles. The summed E-state index contributed by atoms with van der Waals surface area (Å²) in [5.41, 5.74) is 0. The second-order valence-electron chi connectivity index (χ2n) is 1.94. The minimum absolute atomic E-state index is 0.592. The number of alkyl halides is 5. The molecule has 0 unspecified atom stereocenters. The van der Waals surface area contributed by atoms with Crippen LogP contribution in [-0.4, -0.2) is 25.0 Å². The first kappa shape index (κ1) is 12.8. The Morgan fingerprint density at radius 2 is 1.79 bits per heavy atom. The Kier molecular flexibility index (Phi) is 3.99. The lowest BCUT2D eigenvalue weighted by atomic mass is 10.6. The van der Waals surface area contributed by atoms with Crippen molar-refractivity contribution in [1.82, 2.24) is 0 Å². The van der Waals surface area contributed by atoms with Crippen LogP contribution in [0.3, 0.4) is 0 Å². The molecule has 0 aliphatic carbocycles. The van der Waals surface area contributed by atoms with Crippen LogP contribution in [0.15, 0.2) is 12.7 Å². The van der Waals surface area contributed by atoms with Crippen LogP contribution >= 0.6 is 0 Å². The fraction of sp³-hybridized carbons (Fsp3) is 0.500. The van der Waals surface area contributed by atoms with Gasteiger partial charge in [0, 0.05) is 6.08 Å². The number of carbonyl (C=O) groups is 1. The highest BCUT2D eigenvalue weighted by atomic mass is 19.4. The van der Waals surface area contributed by atoms with Gasteiger partial charge in [0.1, 0.15) is 0 Å². The van der Waals surface area contributed by atoms with Crippen LogP contribution in [-0.2, 0) is 14.3 Å². The van der Waals surface area contributed by atoms with Gasteiger partial charge < -0.3 is 4.74 Å². The molecule has 0 aromatic rings. The molecule has 0 heterocycles. The van der Waals surface area contributed by atoms with E-state index in [0.717, 1.165) is 0 Å². The molecule has 14 heavy (non-hydrogen) atoms. The van der Waals surface area contributed by atoms with Crippen LogP contribution in [0.25, 0.3) is 0 Å². The summed E-state index contributed by atoms with van der Waals surface area (Å²) in [6.45, 7) is 1.38. The Bertz CT molecular complexity index is 222. The molecule has 8 heteroatoms. The summed E-state index contributed by atoms with van der Waals surface area (Å²) in [4.78, 5) is 10.2. The van der Waals surface area contributed by atoms with Crippen molar-refractivity contribution in [3.05, 3.63) is 12.7 Å². The zero-order valence-corrected chi connectivity index (χ0v) is 6.61. The first-order valence-electron chi connectivity index (χ1n) is 3.08. The van der Waals surface area contributed by atoms with Gasteiger partial charge in [0.15, 0.2) is 6.79 Å². The molecule has 82 valence electrons. The topological polar surface area (TPSA) is 35.5 Å². The summed E-state index contributed by atoms with van der Waals surface area (Å²) in [5.74, 6) is -1.16. The Balaban J connectivity index is 4.01. The zero-order valence-electron chi connectivity index (χ0n) is 6.61. The molecule has 0 aromatic carbocycles. The monoisotopic (exact) mass is 220 g/mol. The normalized spacial score (nSPS) is 12.4. The maximum absolute atomic E-state index is 11.9. The van der Waals surface area contributed by atoms with E-state index in [2.05, 4.69) is 16.1 Å². The van der Waals surface area contributed by atoms with Gasteiger partial charge in [0.25, 0.3) is 0 Å². The molecule has 0 rings (SSSR count). The first-order chi connectivity index (χ1) is 6.20. The third-order valence-corrected chi connectivity index (χ3v) is 0.938. The molecular weight excluding hydrogens is 215 g/mol. The van der Waals surface area contributed by atoms with Gasteiger partial charge in [0.05, 0.1) is 0 Å². The van der Waals surface area contributed by atoms with Crippen LogP contribution in [0.1, 0.15) is 0 Å². The van der Waals surface area contributed by atoms with Crippen molar-refractivity contribution in [1.29, 1.82) is 0 Å². The average Bonchev–Trinajstić information content (AvgIpc) is 2.01. The van der Waals surface area contributed by atoms with Crippen molar-refractivity contribution in [3.8, 4) is 0 Å². The van der Waals surface area contributed by atoms with E-state index in [9.17, 15) is 26.7 Å². The molecule has 0 atom stereocenters. The smallest absolute Gasteiger partial charge is 0.435 e. The molecule has 0 amide bonds. The number of esters is 1. The van der Waals surface area contributed by atoms with E-state index in [0.29, 0.717) is 6.08 Å². The second-order valence-corrected chi connectivity index (χ2v) is 1.94. The van der Waals surface area contributed by atoms with E-state index in [-0.39, 0.29) is 0 Å². The Labute approximate surface area is 75.1 Å². The van der Waals surface area contributed by atoms with Crippen molar-refractivity contribution >= 4 is 5.97 Å². The maximum atomic E-state index is 11.9. The average molecular weight is 220 g/mol. The maximum Gasteiger partial charge on any atom is 0.483 e. The van der Waals surface area contributed by atoms with E-state index < -0.39 is 25.0 Å². The molecule has 0 radical (unpaired) electrons. The summed E-state index contributed by atoms with van der Waals surface area (Å²) < 4.78 is 64.8. The van der Waals surface area contributed by atoms with Crippen molar-refractivity contribution in [3.63, 3.8) is 0 Å². The number of hydrogen-bond donors (Lipinski definition) is 0. The number of rotatable bonds is 4. The lowest BCUT2D eigenvalue weighted by molar-refractivity contribution is -0.402. The Hall–Kier alpha value is -1.18. The molecule has 0 aromatic heterocycles. The van der Waals surface area contributed by atoms with Gasteiger partial charge >= 0.3 is 18.3 Å². The number of carbonyl (C=O) groups excluding carboxylic acids is 1. The molecule has 3 nitrogen and oxygen atoms in total. The predicted octanol–water partition coefficient (Wildman–Crippen LogP) is 1.84. The van der Waals surface area contributed by atoms with Crippen molar-refractivity contribution < 1.29 is 36.2 Å². The largest absolute Gasteiger partial charge is 0.483 e. The third-order valence-electron chi connectivity index (χ3n) is 0.938. The SMILES string of the molecule is C=CC(=O)OCOC(F)(F)C(F)(F)F. The highest BCUT2D eigenvalue weighted by Gasteiger charge is 2.59. The Morgan fingerprint density at radius 3 is 2.14 bits per heavy atom. The van der Waals surface area contributed by atoms with Crippen molar-refractivity contribution in [2.75, 3.05) is 6.79 Å². The summed E-state index contributed by atoms with van der Waals surface area (Å²) in [5, 5.41) is 0. The summed E-state index contributed by atoms with van der Waals surface area (Å²) >= 11 is 0. The van der Waals surface area contributed by atoms with Crippen LogP contribution in [0, 0.1) is 0 Å². The minimum atomic E-state index is -5.84. The van der Waals surface area contributed by atoms with Crippen LogP contribution in [0.5, 0.6) is 0 Å². The zero-order chi connectivity index (χ0) is 11.4. The molecule has 0 aliphatic rings. The standard InChI is InChI=1S/C6H5F5O3/c1-2-4(12)13-3-14-6(10,11)5(7,8)9/h2H,1,3H2. The van der Waals surface area contributed by atoms with E-state index in [1.54, 1.807) is 0 Å². The molecule has 0 fully saturated rings. The molecule has 0 spiro atoms. The quantitative estimate of drug-likeness (QED) is 0.314. The van der Waals surface area contributed by atoms with Gasteiger partial charge in [-0.15, -0.1) is 0 Å². The minimum Gasteiger partial charge on any atom is -0.435 e. The van der Waals surface area contributed by atoms with E-state index in [1.807, 2.05) is 0 Å². The van der Waals surface area contributed by atoms with Crippen molar-refractivity contribution in [2.45, 2.75) is 12.3 Å². The van der Waals surface area contributed by atoms with Gasteiger partial charge in [-0.2, -0.15) is 22.0 Å². The van der Waals surface area contributed by atoms with Gasteiger partial charge in [-0.1, -0.05) is 6.58 Å². The van der Waals surface area contributed by atoms with Gasteiger partial charge in [-0.3, -0.25) is 4.74 Å². The fourth-order valence-electron chi connectivity index (χ4n) is 0.302. The summed E-state index contributed by atoms with van der Waals surface area (Å²) in [6.07, 6.45) is -10.6.